The number of carbonyl (C=O) groups excluding carboxylic acids is 2. The zero-order valence-electron chi connectivity index (χ0n) is 6.30. The monoisotopic (exact) mass is 142 g/mol. The number of esters is 1. The Labute approximate surface area is 59.7 Å². The molecule has 0 aromatic rings. The minimum Gasteiger partial charge on any atom is -0.423 e. The zero-order chi connectivity index (χ0) is 8.15. The molecule has 0 aromatic heterocycles. The van der Waals surface area contributed by atoms with Crippen molar-refractivity contribution in [1.29, 1.82) is 0 Å². The normalized spacial score (nSPS) is 10.9. The van der Waals surface area contributed by atoms with E-state index in [4.69, 9.17) is 0 Å². The molecule has 0 atom stereocenters. The fourth-order valence-corrected chi connectivity index (χ4v) is 0.489. The highest BCUT2D eigenvalue weighted by Gasteiger charge is 2.04. The Morgan fingerprint density at radius 2 is 1.80 bits per heavy atom. The molecule has 0 aliphatic carbocycles. The summed E-state index contributed by atoms with van der Waals surface area (Å²) < 4.78 is 4.53. The molecule has 0 aromatic carbocycles. The van der Waals surface area contributed by atoms with Gasteiger partial charge in [-0.3, -0.25) is 9.59 Å². The van der Waals surface area contributed by atoms with Gasteiger partial charge < -0.3 is 4.74 Å². The van der Waals surface area contributed by atoms with Gasteiger partial charge in [-0.05, 0) is 13.0 Å². The van der Waals surface area contributed by atoms with Crippen LogP contribution in [0.3, 0.4) is 0 Å². The van der Waals surface area contributed by atoms with E-state index in [1.807, 2.05) is 0 Å². The molecule has 56 valence electrons. The maximum Gasteiger partial charge on any atom is 0.308 e. The highest BCUT2D eigenvalue weighted by atomic mass is 16.5. The molecule has 0 saturated carbocycles. The number of hydrogen-bond donors (Lipinski definition) is 0. The largest absolute Gasteiger partial charge is 0.423 e. The third-order valence-electron chi connectivity index (χ3n) is 0.863. The molecule has 10 heavy (non-hydrogen) atoms. The molecule has 3 heteroatoms. The first-order valence-corrected chi connectivity index (χ1v) is 2.93. The van der Waals surface area contributed by atoms with Crippen LogP contribution in [0.5, 0.6) is 0 Å². The Balaban J connectivity index is 4.12. The SMILES string of the molecule is C/C=C(\OC(C)=O)C(C)=O. The van der Waals surface area contributed by atoms with Crippen LogP contribution in [0.15, 0.2) is 11.8 Å². The van der Waals surface area contributed by atoms with Gasteiger partial charge in [0.15, 0.2) is 11.5 Å². The molecular formula is C7H10O3. The number of allylic oxidation sites excluding steroid dienone is 2. The van der Waals surface area contributed by atoms with E-state index in [0.29, 0.717) is 0 Å². The molecule has 0 fully saturated rings. The third-order valence-corrected chi connectivity index (χ3v) is 0.863. The van der Waals surface area contributed by atoms with Crippen molar-refractivity contribution in [1.82, 2.24) is 0 Å². The standard InChI is InChI=1S/C7H10O3/c1-4-7(5(2)8)10-6(3)9/h4H,1-3H3/b7-4-. The summed E-state index contributed by atoms with van der Waals surface area (Å²) in [5.74, 6) is -0.603. The summed E-state index contributed by atoms with van der Waals surface area (Å²) in [5.41, 5.74) is 0. The van der Waals surface area contributed by atoms with Gasteiger partial charge in [-0.15, -0.1) is 0 Å². The zero-order valence-corrected chi connectivity index (χ0v) is 6.30. The second-order valence-electron chi connectivity index (χ2n) is 1.80. The van der Waals surface area contributed by atoms with E-state index in [1.54, 1.807) is 6.92 Å². The predicted molar refractivity (Wildman–Crippen MR) is 36.2 cm³/mol. The van der Waals surface area contributed by atoms with E-state index in [1.165, 1.54) is 19.9 Å². The van der Waals surface area contributed by atoms with Crippen LogP contribution in [0.1, 0.15) is 20.8 Å². The number of Topliss-reactive ketones (excluding diaryl/α,β-unsaturated/α-hetero) is 1. The first-order valence-electron chi connectivity index (χ1n) is 2.93. The summed E-state index contributed by atoms with van der Waals surface area (Å²) >= 11 is 0. The van der Waals surface area contributed by atoms with Crippen molar-refractivity contribution in [3.05, 3.63) is 11.8 Å². The van der Waals surface area contributed by atoms with Gasteiger partial charge in [0, 0.05) is 13.8 Å². The highest BCUT2D eigenvalue weighted by Crippen LogP contribution is 1.97. The van der Waals surface area contributed by atoms with Crippen LogP contribution in [0.4, 0.5) is 0 Å². The van der Waals surface area contributed by atoms with Crippen molar-refractivity contribution in [3.63, 3.8) is 0 Å². The molecule has 0 spiro atoms. The Kier molecular flexibility index (Phi) is 3.39. The summed E-state index contributed by atoms with van der Waals surface area (Å²) in [5, 5.41) is 0. The smallest absolute Gasteiger partial charge is 0.308 e. The number of ketones is 1. The fourth-order valence-electron chi connectivity index (χ4n) is 0.489. The van der Waals surface area contributed by atoms with E-state index < -0.39 is 5.97 Å². The molecule has 3 nitrogen and oxygen atoms in total. The average Bonchev–Trinajstić information content (AvgIpc) is 1.81. The van der Waals surface area contributed by atoms with E-state index >= 15 is 0 Å². The number of carbonyl (C=O) groups is 2. The number of rotatable bonds is 2. The van der Waals surface area contributed by atoms with Crippen molar-refractivity contribution in [3.8, 4) is 0 Å². The number of hydrogen-bond acceptors (Lipinski definition) is 3. The van der Waals surface area contributed by atoms with Crippen LogP contribution >= 0.6 is 0 Å². The van der Waals surface area contributed by atoms with Gasteiger partial charge in [0.1, 0.15) is 0 Å². The predicted octanol–water partition coefficient (Wildman–Crippen LogP) is 1.04. The lowest BCUT2D eigenvalue weighted by atomic mass is 10.3. The molecule has 0 rings (SSSR count). The first kappa shape index (κ1) is 8.88. The quantitative estimate of drug-likeness (QED) is 0.328. The molecule has 0 radical (unpaired) electrons. The Hall–Kier alpha value is -1.12. The summed E-state index contributed by atoms with van der Waals surface area (Å²) in [6, 6.07) is 0. The van der Waals surface area contributed by atoms with Crippen LogP contribution in [-0.2, 0) is 14.3 Å². The average molecular weight is 142 g/mol. The molecule has 0 heterocycles. The van der Waals surface area contributed by atoms with Crippen LogP contribution in [0, 0.1) is 0 Å². The Morgan fingerprint density at radius 3 is 1.90 bits per heavy atom. The lowest BCUT2D eigenvalue weighted by molar-refractivity contribution is -0.139. The van der Waals surface area contributed by atoms with Crippen molar-refractivity contribution in [2.45, 2.75) is 20.8 Å². The molecule has 0 aliphatic heterocycles. The molecule has 0 saturated heterocycles. The Morgan fingerprint density at radius 1 is 1.30 bits per heavy atom. The summed E-state index contributed by atoms with van der Waals surface area (Å²) in [7, 11) is 0. The molecule has 0 unspecified atom stereocenters. The summed E-state index contributed by atoms with van der Waals surface area (Å²) in [4.78, 5) is 20.9. The summed E-state index contributed by atoms with van der Waals surface area (Å²) in [6.45, 7) is 4.24. The van der Waals surface area contributed by atoms with Crippen molar-refractivity contribution in [2.75, 3.05) is 0 Å². The van der Waals surface area contributed by atoms with Gasteiger partial charge in [0.25, 0.3) is 0 Å². The maximum atomic E-state index is 10.6. The summed E-state index contributed by atoms with van der Waals surface area (Å²) in [6.07, 6.45) is 1.46. The van der Waals surface area contributed by atoms with E-state index in [2.05, 4.69) is 4.74 Å². The van der Waals surface area contributed by atoms with Gasteiger partial charge in [-0.2, -0.15) is 0 Å². The minimum atomic E-state index is -0.469. The molecule has 0 bridgehead atoms. The van der Waals surface area contributed by atoms with Gasteiger partial charge in [-0.25, -0.2) is 0 Å². The lowest BCUT2D eigenvalue weighted by Crippen LogP contribution is -2.05. The van der Waals surface area contributed by atoms with Crippen LogP contribution in [-0.4, -0.2) is 11.8 Å². The van der Waals surface area contributed by atoms with Crippen LogP contribution in [0.25, 0.3) is 0 Å². The van der Waals surface area contributed by atoms with Crippen molar-refractivity contribution >= 4 is 11.8 Å². The van der Waals surface area contributed by atoms with Crippen LogP contribution < -0.4 is 0 Å². The van der Waals surface area contributed by atoms with E-state index in [-0.39, 0.29) is 11.5 Å². The minimum absolute atomic E-state index is 0.104. The van der Waals surface area contributed by atoms with Crippen LogP contribution in [0.2, 0.25) is 0 Å². The van der Waals surface area contributed by atoms with Crippen molar-refractivity contribution < 1.29 is 14.3 Å². The van der Waals surface area contributed by atoms with Gasteiger partial charge in [0.2, 0.25) is 0 Å². The number of ether oxygens (including phenoxy) is 1. The molecule has 0 N–H and O–H groups in total. The molecule has 0 amide bonds. The highest BCUT2D eigenvalue weighted by molar-refractivity contribution is 5.93. The fraction of sp³-hybridized carbons (Fsp3) is 0.429. The second-order valence-corrected chi connectivity index (χ2v) is 1.80. The van der Waals surface area contributed by atoms with E-state index in [0.717, 1.165) is 0 Å². The van der Waals surface area contributed by atoms with Gasteiger partial charge in [0.05, 0.1) is 0 Å². The topological polar surface area (TPSA) is 43.4 Å². The first-order chi connectivity index (χ1) is 4.57. The maximum absolute atomic E-state index is 10.6. The van der Waals surface area contributed by atoms with Gasteiger partial charge in [-0.1, -0.05) is 0 Å². The van der Waals surface area contributed by atoms with E-state index in [9.17, 15) is 9.59 Å². The Bertz CT molecular complexity index is 179. The third kappa shape index (κ3) is 3.02. The van der Waals surface area contributed by atoms with Crippen molar-refractivity contribution in [2.24, 2.45) is 0 Å². The van der Waals surface area contributed by atoms with Gasteiger partial charge >= 0.3 is 5.97 Å². The molecule has 0 aliphatic rings. The molecular weight excluding hydrogens is 132 g/mol. The second kappa shape index (κ2) is 3.82. The lowest BCUT2D eigenvalue weighted by Gasteiger charge is -1.99.